The van der Waals surface area contributed by atoms with Gasteiger partial charge in [-0.25, -0.2) is 14.6 Å². The molecule has 3 rings (SSSR count). The van der Waals surface area contributed by atoms with E-state index in [1.54, 1.807) is 17.2 Å². The van der Waals surface area contributed by atoms with Crippen molar-refractivity contribution in [1.82, 2.24) is 24.6 Å². The Bertz CT molecular complexity index is 621. The number of hydrogen-bond acceptors (Lipinski definition) is 5. The molecule has 1 aliphatic rings. The summed E-state index contributed by atoms with van der Waals surface area (Å²) < 4.78 is 1.58. The van der Waals surface area contributed by atoms with Crippen LogP contribution < -0.4 is 4.90 Å². The largest absolute Gasteiger partial charge is 0.353 e. The number of pyridine rings is 1. The zero-order valence-corrected chi connectivity index (χ0v) is 13.0. The molecule has 0 aromatic carbocycles. The number of anilines is 1. The Labute approximate surface area is 133 Å². The lowest BCUT2D eigenvalue weighted by atomic mass is 10.2. The molecule has 0 aliphatic carbocycles. The minimum atomic E-state index is -0.331. The summed E-state index contributed by atoms with van der Waals surface area (Å²) in [6, 6.07) is 3.40. The molecule has 0 saturated carbocycles. The van der Waals surface area contributed by atoms with E-state index in [4.69, 9.17) is 11.6 Å². The zero-order chi connectivity index (χ0) is 15.5. The minimum Gasteiger partial charge on any atom is -0.353 e. The van der Waals surface area contributed by atoms with Gasteiger partial charge in [0.15, 0.2) is 0 Å². The third-order valence-electron chi connectivity index (χ3n) is 3.82. The number of carbonyl (C=O) groups is 1. The van der Waals surface area contributed by atoms with Crippen LogP contribution in [-0.4, -0.2) is 56.7 Å². The predicted molar refractivity (Wildman–Crippen MR) is 82.8 cm³/mol. The van der Waals surface area contributed by atoms with Gasteiger partial charge in [-0.1, -0.05) is 11.6 Å². The van der Waals surface area contributed by atoms with Gasteiger partial charge in [-0.2, -0.15) is 5.10 Å². The fraction of sp³-hybridized carbons (Fsp3) is 0.429. The Kier molecular flexibility index (Phi) is 4.24. The van der Waals surface area contributed by atoms with Crippen LogP contribution in [0, 0.1) is 0 Å². The van der Waals surface area contributed by atoms with Crippen molar-refractivity contribution >= 4 is 23.3 Å². The number of hydrogen-bond donors (Lipinski definition) is 0. The summed E-state index contributed by atoms with van der Waals surface area (Å²) in [5.74, 6) is 0.954. The Hall–Kier alpha value is -2.15. The highest BCUT2D eigenvalue weighted by Gasteiger charge is 2.26. The molecule has 0 N–H and O–H groups in total. The van der Waals surface area contributed by atoms with Crippen molar-refractivity contribution in [2.75, 3.05) is 31.1 Å². The fourth-order valence-electron chi connectivity index (χ4n) is 2.51. The van der Waals surface area contributed by atoms with Gasteiger partial charge in [0, 0.05) is 32.4 Å². The molecule has 116 valence electrons. The standard InChI is InChI=1S/C14H17ClN6O/c1-11(21-10-16-9-18-21)14(22)20-6-4-19(5-7-20)13-3-2-12(15)8-17-13/h2-3,8-11H,4-7H2,1H3/t11-/m0/s1. The zero-order valence-electron chi connectivity index (χ0n) is 12.3. The number of aromatic nitrogens is 4. The van der Waals surface area contributed by atoms with Crippen LogP contribution in [0.3, 0.4) is 0 Å². The van der Waals surface area contributed by atoms with Crippen LogP contribution in [0.25, 0.3) is 0 Å². The van der Waals surface area contributed by atoms with Gasteiger partial charge in [-0.05, 0) is 19.1 Å². The van der Waals surface area contributed by atoms with Gasteiger partial charge in [0.2, 0.25) is 5.91 Å². The lowest BCUT2D eigenvalue weighted by Crippen LogP contribution is -2.50. The van der Waals surface area contributed by atoms with Crippen LogP contribution in [-0.2, 0) is 4.79 Å². The molecule has 8 heteroatoms. The highest BCUT2D eigenvalue weighted by atomic mass is 35.5. The number of carbonyl (C=O) groups excluding carboxylic acids is 1. The van der Waals surface area contributed by atoms with Crippen molar-refractivity contribution in [1.29, 1.82) is 0 Å². The molecule has 0 bridgehead atoms. The number of piperazine rings is 1. The highest BCUT2D eigenvalue weighted by Crippen LogP contribution is 2.17. The first-order valence-electron chi connectivity index (χ1n) is 7.14. The summed E-state index contributed by atoms with van der Waals surface area (Å²) in [5, 5.41) is 4.65. The maximum absolute atomic E-state index is 12.5. The van der Waals surface area contributed by atoms with Gasteiger partial charge < -0.3 is 9.80 Å². The lowest BCUT2D eigenvalue weighted by Gasteiger charge is -2.36. The van der Waals surface area contributed by atoms with Gasteiger partial charge in [0.1, 0.15) is 24.5 Å². The SMILES string of the molecule is C[C@@H](C(=O)N1CCN(c2ccc(Cl)cn2)CC1)n1cncn1. The molecule has 0 radical (unpaired) electrons. The molecule has 1 fully saturated rings. The first kappa shape index (κ1) is 14.8. The summed E-state index contributed by atoms with van der Waals surface area (Å²) >= 11 is 5.85. The molecule has 1 aliphatic heterocycles. The van der Waals surface area contributed by atoms with Crippen molar-refractivity contribution < 1.29 is 4.79 Å². The van der Waals surface area contributed by atoms with E-state index in [1.165, 1.54) is 6.33 Å². The Morgan fingerprint density at radius 3 is 2.64 bits per heavy atom. The minimum absolute atomic E-state index is 0.0641. The molecule has 22 heavy (non-hydrogen) atoms. The molecule has 0 spiro atoms. The van der Waals surface area contributed by atoms with Gasteiger partial charge in [-0.15, -0.1) is 0 Å². The Balaban J connectivity index is 1.59. The van der Waals surface area contributed by atoms with E-state index in [2.05, 4.69) is 20.0 Å². The van der Waals surface area contributed by atoms with E-state index < -0.39 is 0 Å². The monoisotopic (exact) mass is 320 g/mol. The molecule has 0 unspecified atom stereocenters. The lowest BCUT2D eigenvalue weighted by molar-refractivity contribution is -0.134. The summed E-state index contributed by atoms with van der Waals surface area (Å²) in [7, 11) is 0. The van der Waals surface area contributed by atoms with Gasteiger partial charge in [0.05, 0.1) is 5.02 Å². The van der Waals surface area contributed by atoms with Crippen LogP contribution in [0.2, 0.25) is 5.02 Å². The van der Waals surface area contributed by atoms with Crippen LogP contribution in [0.1, 0.15) is 13.0 Å². The molecule has 2 aromatic heterocycles. The maximum atomic E-state index is 12.5. The molecule has 1 amide bonds. The third kappa shape index (κ3) is 3.04. The van der Waals surface area contributed by atoms with Gasteiger partial charge in [0.25, 0.3) is 0 Å². The predicted octanol–water partition coefficient (Wildman–Crippen LogP) is 1.24. The second-order valence-corrected chi connectivity index (χ2v) is 5.63. The smallest absolute Gasteiger partial charge is 0.247 e. The third-order valence-corrected chi connectivity index (χ3v) is 4.04. The van der Waals surface area contributed by atoms with Crippen molar-refractivity contribution in [3.63, 3.8) is 0 Å². The Morgan fingerprint density at radius 2 is 2.05 bits per heavy atom. The fourth-order valence-corrected chi connectivity index (χ4v) is 2.62. The highest BCUT2D eigenvalue weighted by molar-refractivity contribution is 6.30. The average Bonchev–Trinajstić information content (AvgIpc) is 3.09. The summed E-state index contributed by atoms with van der Waals surface area (Å²) in [5.41, 5.74) is 0. The van der Waals surface area contributed by atoms with Crippen LogP contribution in [0.15, 0.2) is 31.0 Å². The normalized spacial score (nSPS) is 16.6. The van der Waals surface area contributed by atoms with Crippen LogP contribution in [0.4, 0.5) is 5.82 Å². The van der Waals surface area contributed by atoms with Gasteiger partial charge in [-0.3, -0.25) is 4.79 Å². The molecule has 2 aromatic rings. The summed E-state index contributed by atoms with van der Waals surface area (Å²) in [6.07, 6.45) is 4.64. The molecule has 3 heterocycles. The second-order valence-electron chi connectivity index (χ2n) is 5.20. The summed E-state index contributed by atoms with van der Waals surface area (Å²) in [6.45, 7) is 4.68. The second kappa shape index (κ2) is 6.31. The van der Waals surface area contributed by atoms with Crippen molar-refractivity contribution in [2.24, 2.45) is 0 Å². The first-order chi connectivity index (χ1) is 10.6. The van der Waals surface area contributed by atoms with E-state index in [0.29, 0.717) is 18.1 Å². The topological polar surface area (TPSA) is 67.2 Å². The molecule has 1 atom stereocenters. The maximum Gasteiger partial charge on any atom is 0.247 e. The first-order valence-corrected chi connectivity index (χ1v) is 7.52. The molecular weight excluding hydrogens is 304 g/mol. The van der Waals surface area contributed by atoms with E-state index >= 15 is 0 Å². The number of halogens is 1. The van der Waals surface area contributed by atoms with Crippen LogP contribution >= 0.6 is 11.6 Å². The van der Waals surface area contributed by atoms with E-state index in [9.17, 15) is 4.79 Å². The average molecular weight is 321 g/mol. The van der Waals surface area contributed by atoms with Crippen molar-refractivity contribution in [3.05, 3.63) is 36.0 Å². The van der Waals surface area contributed by atoms with Crippen molar-refractivity contribution in [3.8, 4) is 0 Å². The quantitative estimate of drug-likeness (QED) is 0.851. The molecule has 1 saturated heterocycles. The number of nitrogens with zero attached hydrogens (tertiary/aromatic N) is 6. The number of amides is 1. The van der Waals surface area contributed by atoms with Crippen molar-refractivity contribution in [2.45, 2.75) is 13.0 Å². The summed E-state index contributed by atoms with van der Waals surface area (Å²) in [4.78, 5) is 24.7. The van der Waals surface area contributed by atoms with E-state index in [0.717, 1.165) is 18.9 Å². The number of rotatable bonds is 3. The molecular formula is C14H17ClN6O. The molecule has 7 nitrogen and oxygen atoms in total. The van der Waals surface area contributed by atoms with E-state index in [1.807, 2.05) is 24.0 Å². The van der Waals surface area contributed by atoms with Gasteiger partial charge >= 0.3 is 0 Å². The Morgan fingerprint density at radius 1 is 1.27 bits per heavy atom. The van der Waals surface area contributed by atoms with E-state index in [-0.39, 0.29) is 11.9 Å². The van der Waals surface area contributed by atoms with Crippen LogP contribution in [0.5, 0.6) is 0 Å².